The van der Waals surface area contributed by atoms with Gasteiger partial charge in [0.15, 0.2) is 0 Å². The fraction of sp³-hybridized carbons (Fsp3) is 0.0870. The van der Waals surface area contributed by atoms with Crippen LogP contribution in [-0.2, 0) is 11.4 Å². The predicted octanol–water partition coefficient (Wildman–Crippen LogP) is 4.86. The molecule has 158 valence electrons. The summed E-state index contributed by atoms with van der Waals surface area (Å²) < 4.78 is 5.83. The van der Waals surface area contributed by atoms with Gasteiger partial charge in [0, 0.05) is 15.5 Å². The van der Waals surface area contributed by atoms with E-state index in [1.54, 1.807) is 30.3 Å². The molecule has 2 N–H and O–H groups in total. The number of nitrogens with zero attached hydrogens (tertiary/aromatic N) is 1. The minimum Gasteiger partial charge on any atom is -0.488 e. The molecule has 3 aromatic rings. The number of carbonyl (C=O) groups excluding carboxylic acids is 1. The number of aromatic carboxylic acids is 1. The van der Waals surface area contributed by atoms with Gasteiger partial charge in [0.2, 0.25) is 5.91 Å². The largest absolute Gasteiger partial charge is 0.488 e. The Bertz CT molecular complexity index is 1070. The highest BCUT2D eigenvalue weighted by molar-refractivity contribution is 8.00. The Morgan fingerprint density at radius 3 is 2.45 bits per heavy atom. The molecule has 0 aliphatic carbocycles. The van der Waals surface area contributed by atoms with E-state index in [2.05, 4.69) is 10.5 Å². The molecular weight excluding hydrogens is 436 g/mol. The van der Waals surface area contributed by atoms with Crippen LogP contribution in [-0.4, -0.2) is 29.0 Å². The summed E-state index contributed by atoms with van der Waals surface area (Å²) in [5.74, 6) is -0.377. The summed E-state index contributed by atoms with van der Waals surface area (Å²) in [7, 11) is 0. The van der Waals surface area contributed by atoms with E-state index in [0.29, 0.717) is 16.3 Å². The molecule has 3 aromatic carbocycles. The number of amides is 1. The Morgan fingerprint density at radius 1 is 1.03 bits per heavy atom. The third kappa shape index (κ3) is 7.16. The highest BCUT2D eigenvalue weighted by atomic mass is 35.5. The Balaban J connectivity index is 1.52. The van der Waals surface area contributed by atoms with Crippen molar-refractivity contribution in [3.63, 3.8) is 0 Å². The van der Waals surface area contributed by atoms with Gasteiger partial charge in [-0.2, -0.15) is 5.10 Å². The number of rotatable bonds is 9. The molecule has 3 rings (SSSR count). The number of carboxylic acid groups (broad SMARTS) is 1. The van der Waals surface area contributed by atoms with Gasteiger partial charge < -0.3 is 9.84 Å². The molecule has 0 saturated carbocycles. The van der Waals surface area contributed by atoms with Crippen molar-refractivity contribution in [2.75, 3.05) is 5.75 Å². The summed E-state index contributed by atoms with van der Waals surface area (Å²) in [6.07, 6.45) is 1.52. The summed E-state index contributed by atoms with van der Waals surface area (Å²) in [6.45, 7) is 0.273. The van der Waals surface area contributed by atoms with Crippen molar-refractivity contribution in [2.45, 2.75) is 11.5 Å². The first-order chi connectivity index (χ1) is 15.0. The van der Waals surface area contributed by atoms with Gasteiger partial charge in [-0.15, -0.1) is 11.8 Å². The van der Waals surface area contributed by atoms with Crippen molar-refractivity contribution < 1.29 is 19.4 Å². The molecule has 0 unspecified atom stereocenters. The maximum atomic E-state index is 12.0. The first-order valence-corrected chi connectivity index (χ1v) is 10.6. The molecule has 0 atom stereocenters. The van der Waals surface area contributed by atoms with Crippen LogP contribution in [0, 0.1) is 0 Å². The molecule has 31 heavy (non-hydrogen) atoms. The smallest absolute Gasteiger partial charge is 0.335 e. The number of hydrogen-bond donors (Lipinski definition) is 2. The molecular formula is C23H19ClN2O4S. The second kappa shape index (κ2) is 11.2. The molecule has 0 fully saturated rings. The molecule has 8 heteroatoms. The normalized spacial score (nSPS) is 10.7. The Labute approximate surface area is 188 Å². The number of halogens is 1. The second-order valence-electron chi connectivity index (χ2n) is 6.36. The third-order valence-electron chi connectivity index (χ3n) is 4.09. The highest BCUT2D eigenvalue weighted by Gasteiger charge is 2.05. The van der Waals surface area contributed by atoms with Gasteiger partial charge in [0.05, 0.1) is 17.5 Å². The van der Waals surface area contributed by atoms with Gasteiger partial charge in [-0.25, -0.2) is 10.2 Å². The van der Waals surface area contributed by atoms with Crippen molar-refractivity contribution in [2.24, 2.45) is 5.10 Å². The molecule has 0 heterocycles. The minimum atomic E-state index is -0.970. The van der Waals surface area contributed by atoms with Gasteiger partial charge in [-0.1, -0.05) is 35.9 Å². The summed E-state index contributed by atoms with van der Waals surface area (Å²) in [4.78, 5) is 23.9. The third-order valence-corrected chi connectivity index (χ3v) is 5.35. The lowest BCUT2D eigenvalue weighted by atomic mass is 10.1. The van der Waals surface area contributed by atoms with Crippen molar-refractivity contribution in [3.05, 3.63) is 94.5 Å². The number of thioether (sulfide) groups is 1. The molecule has 0 bridgehead atoms. The lowest BCUT2D eigenvalue weighted by Gasteiger charge is -2.09. The Hall–Kier alpha value is -3.29. The van der Waals surface area contributed by atoms with Crippen LogP contribution in [0.25, 0.3) is 0 Å². The summed E-state index contributed by atoms with van der Waals surface area (Å²) in [6, 6.07) is 21.0. The van der Waals surface area contributed by atoms with Gasteiger partial charge in [-0.05, 0) is 54.1 Å². The van der Waals surface area contributed by atoms with Crippen molar-refractivity contribution in [1.29, 1.82) is 0 Å². The molecule has 6 nitrogen and oxygen atoms in total. The molecule has 0 aromatic heterocycles. The Kier molecular flexibility index (Phi) is 8.09. The van der Waals surface area contributed by atoms with Crippen LogP contribution in [0.5, 0.6) is 5.75 Å². The number of hydrogen-bond acceptors (Lipinski definition) is 5. The molecule has 1 amide bonds. The first kappa shape index (κ1) is 22.4. The lowest BCUT2D eigenvalue weighted by molar-refractivity contribution is -0.118. The molecule has 0 saturated heterocycles. The standard InChI is InChI=1S/C23H19ClN2O4S/c24-19-9-11-20(12-10-19)31-15-22(27)26-25-13-18-3-1-2-4-21(18)30-14-16-5-7-17(8-6-16)23(28)29/h1-13H,14-15H2,(H,26,27)(H,28,29)/b25-13-. The van der Waals surface area contributed by atoms with E-state index in [-0.39, 0.29) is 23.8 Å². The number of carboxylic acids is 1. The van der Waals surface area contributed by atoms with Crippen LogP contribution in [0.2, 0.25) is 5.02 Å². The predicted molar refractivity (Wildman–Crippen MR) is 122 cm³/mol. The minimum absolute atomic E-state index is 0.223. The van der Waals surface area contributed by atoms with E-state index in [9.17, 15) is 9.59 Å². The summed E-state index contributed by atoms with van der Waals surface area (Å²) in [5, 5.41) is 13.6. The van der Waals surface area contributed by atoms with Crippen LogP contribution in [0.4, 0.5) is 0 Å². The number of carbonyl (C=O) groups is 2. The van der Waals surface area contributed by atoms with E-state index in [0.717, 1.165) is 10.5 Å². The van der Waals surface area contributed by atoms with E-state index < -0.39 is 5.97 Å². The van der Waals surface area contributed by atoms with Gasteiger partial charge in [0.25, 0.3) is 0 Å². The van der Waals surface area contributed by atoms with E-state index in [4.69, 9.17) is 21.4 Å². The van der Waals surface area contributed by atoms with Gasteiger partial charge >= 0.3 is 5.97 Å². The summed E-state index contributed by atoms with van der Waals surface area (Å²) in [5.41, 5.74) is 4.27. The SMILES string of the molecule is O=C(CSc1ccc(Cl)cc1)N/N=C\c1ccccc1OCc1ccc(C(=O)O)cc1. The number of benzene rings is 3. The van der Waals surface area contributed by atoms with E-state index in [1.165, 1.54) is 30.1 Å². The Morgan fingerprint density at radius 2 is 1.74 bits per heavy atom. The summed E-state index contributed by atoms with van der Waals surface area (Å²) >= 11 is 7.24. The lowest BCUT2D eigenvalue weighted by Crippen LogP contribution is -2.19. The molecule has 0 spiro atoms. The van der Waals surface area contributed by atoms with Gasteiger partial charge in [-0.3, -0.25) is 4.79 Å². The zero-order valence-corrected chi connectivity index (χ0v) is 17.9. The number of nitrogens with one attached hydrogen (secondary N) is 1. The average Bonchev–Trinajstić information content (AvgIpc) is 2.78. The zero-order chi connectivity index (χ0) is 22.1. The maximum absolute atomic E-state index is 12.0. The zero-order valence-electron chi connectivity index (χ0n) is 16.3. The van der Waals surface area contributed by atoms with E-state index >= 15 is 0 Å². The topological polar surface area (TPSA) is 88.0 Å². The van der Waals surface area contributed by atoms with Gasteiger partial charge in [0.1, 0.15) is 12.4 Å². The van der Waals surface area contributed by atoms with Crippen LogP contribution < -0.4 is 10.2 Å². The molecule has 0 radical (unpaired) electrons. The van der Waals surface area contributed by atoms with E-state index in [1.807, 2.05) is 30.3 Å². The second-order valence-corrected chi connectivity index (χ2v) is 7.85. The molecule has 0 aliphatic rings. The van der Waals surface area contributed by atoms with Crippen LogP contribution >= 0.6 is 23.4 Å². The monoisotopic (exact) mass is 454 g/mol. The number of hydrazone groups is 1. The fourth-order valence-corrected chi connectivity index (χ4v) is 3.33. The van der Waals surface area contributed by atoms with Crippen molar-refractivity contribution in [3.8, 4) is 5.75 Å². The first-order valence-electron chi connectivity index (χ1n) is 9.25. The highest BCUT2D eigenvalue weighted by Crippen LogP contribution is 2.20. The average molecular weight is 455 g/mol. The number of para-hydroxylation sites is 1. The fourth-order valence-electron chi connectivity index (χ4n) is 2.51. The quantitative estimate of drug-likeness (QED) is 0.274. The van der Waals surface area contributed by atoms with Crippen molar-refractivity contribution in [1.82, 2.24) is 5.43 Å². The molecule has 0 aliphatic heterocycles. The van der Waals surface area contributed by atoms with Crippen LogP contribution in [0.1, 0.15) is 21.5 Å². The maximum Gasteiger partial charge on any atom is 0.335 e. The van der Waals surface area contributed by atoms with Crippen LogP contribution in [0.3, 0.4) is 0 Å². The number of ether oxygens (including phenoxy) is 1. The van der Waals surface area contributed by atoms with Crippen LogP contribution in [0.15, 0.2) is 82.8 Å². The van der Waals surface area contributed by atoms with Crippen molar-refractivity contribution >= 4 is 41.5 Å².